The Kier molecular flexibility index (Phi) is 4.37. The van der Waals surface area contributed by atoms with Crippen LogP contribution in [-0.4, -0.2) is 37.5 Å². The Morgan fingerprint density at radius 3 is 2.68 bits per heavy atom. The molecule has 0 aromatic heterocycles. The van der Waals surface area contributed by atoms with Crippen molar-refractivity contribution in [1.29, 1.82) is 0 Å². The van der Waals surface area contributed by atoms with E-state index >= 15 is 0 Å². The second-order valence-corrected chi connectivity index (χ2v) is 4.92. The number of anilines is 1. The number of nitrogens with two attached hydrogens (primary N) is 1. The minimum atomic E-state index is -0.319. The SMILES string of the molecule is CN(CC(=O)N1CCCC1)c1ccc(CN)c(F)c1. The lowest BCUT2D eigenvalue weighted by Gasteiger charge is -2.23. The van der Waals surface area contributed by atoms with Crippen LogP contribution in [-0.2, 0) is 11.3 Å². The molecule has 5 heteroatoms. The van der Waals surface area contributed by atoms with E-state index in [1.165, 1.54) is 6.07 Å². The molecule has 19 heavy (non-hydrogen) atoms. The van der Waals surface area contributed by atoms with E-state index in [0.29, 0.717) is 11.3 Å². The third-order valence-corrected chi connectivity index (χ3v) is 3.53. The van der Waals surface area contributed by atoms with Crippen molar-refractivity contribution in [3.05, 3.63) is 29.6 Å². The van der Waals surface area contributed by atoms with Crippen LogP contribution in [0.4, 0.5) is 10.1 Å². The highest BCUT2D eigenvalue weighted by Crippen LogP contribution is 2.18. The molecule has 1 heterocycles. The van der Waals surface area contributed by atoms with Crippen molar-refractivity contribution in [3.63, 3.8) is 0 Å². The summed E-state index contributed by atoms with van der Waals surface area (Å²) in [6, 6.07) is 4.89. The molecule has 1 aromatic carbocycles. The maximum atomic E-state index is 13.6. The molecule has 0 saturated carbocycles. The van der Waals surface area contributed by atoms with Gasteiger partial charge < -0.3 is 15.5 Å². The van der Waals surface area contributed by atoms with Gasteiger partial charge in [0, 0.05) is 37.9 Å². The minimum absolute atomic E-state index is 0.100. The number of likely N-dealkylation sites (N-methyl/N-ethyl adjacent to an activating group) is 1. The molecule has 104 valence electrons. The zero-order valence-electron chi connectivity index (χ0n) is 11.2. The van der Waals surface area contributed by atoms with E-state index in [1.54, 1.807) is 24.1 Å². The number of amides is 1. The first-order valence-electron chi connectivity index (χ1n) is 6.59. The van der Waals surface area contributed by atoms with Crippen LogP contribution in [0.25, 0.3) is 0 Å². The van der Waals surface area contributed by atoms with Crippen LogP contribution in [0.1, 0.15) is 18.4 Å². The predicted octanol–water partition coefficient (Wildman–Crippen LogP) is 1.34. The first kappa shape index (κ1) is 13.8. The second kappa shape index (κ2) is 6.02. The average Bonchev–Trinajstić information content (AvgIpc) is 2.92. The summed E-state index contributed by atoms with van der Waals surface area (Å²) in [5.41, 5.74) is 6.61. The lowest BCUT2D eigenvalue weighted by molar-refractivity contribution is -0.128. The summed E-state index contributed by atoms with van der Waals surface area (Å²) in [7, 11) is 1.80. The van der Waals surface area contributed by atoms with E-state index in [1.807, 2.05) is 4.90 Å². The van der Waals surface area contributed by atoms with Crippen molar-refractivity contribution in [2.75, 3.05) is 31.6 Å². The highest BCUT2D eigenvalue weighted by molar-refractivity contribution is 5.81. The van der Waals surface area contributed by atoms with Crippen molar-refractivity contribution >= 4 is 11.6 Å². The van der Waals surface area contributed by atoms with E-state index in [2.05, 4.69) is 0 Å². The van der Waals surface area contributed by atoms with Crippen molar-refractivity contribution in [3.8, 4) is 0 Å². The number of carbonyl (C=O) groups is 1. The van der Waals surface area contributed by atoms with E-state index in [-0.39, 0.29) is 24.8 Å². The summed E-state index contributed by atoms with van der Waals surface area (Å²) < 4.78 is 13.6. The number of nitrogens with zero attached hydrogens (tertiary/aromatic N) is 2. The van der Waals surface area contributed by atoms with Gasteiger partial charge in [-0.25, -0.2) is 4.39 Å². The number of rotatable bonds is 4. The van der Waals surface area contributed by atoms with E-state index < -0.39 is 0 Å². The summed E-state index contributed by atoms with van der Waals surface area (Å²) >= 11 is 0. The number of hydrogen-bond acceptors (Lipinski definition) is 3. The largest absolute Gasteiger partial charge is 0.365 e. The molecule has 1 aliphatic heterocycles. The molecule has 4 nitrogen and oxygen atoms in total. The molecule has 0 atom stereocenters. The minimum Gasteiger partial charge on any atom is -0.365 e. The lowest BCUT2D eigenvalue weighted by atomic mass is 10.2. The summed E-state index contributed by atoms with van der Waals surface area (Å²) in [4.78, 5) is 15.6. The molecule has 0 spiro atoms. The maximum absolute atomic E-state index is 13.6. The molecule has 2 N–H and O–H groups in total. The summed E-state index contributed by atoms with van der Waals surface area (Å²) in [6.07, 6.45) is 2.16. The van der Waals surface area contributed by atoms with Gasteiger partial charge in [0.15, 0.2) is 0 Å². The Balaban J connectivity index is 2.00. The standard InChI is InChI=1S/C14H20FN3O/c1-17(10-14(19)18-6-2-3-7-18)12-5-4-11(9-16)13(15)8-12/h4-5,8H,2-3,6-7,9-10,16H2,1H3. The van der Waals surface area contributed by atoms with Crippen molar-refractivity contribution < 1.29 is 9.18 Å². The van der Waals surface area contributed by atoms with Gasteiger partial charge in [0.25, 0.3) is 0 Å². The Morgan fingerprint density at radius 1 is 1.42 bits per heavy atom. The lowest BCUT2D eigenvalue weighted by Crippen LogP contribution is -2.37. The molecule has 1 fully saturated rings. The average molecular weight is 265 g/mol. The van der Waals surface area contributed by atoms with E-state index in [4.69, 9.17) is 5.73 Å². The van der Waals surface area contributed by atoms with Crippen LogP contribution in [0, 0.1) is 5.82 Å². The van der Waals surface area contributed by atoms with Gasteiger partial charge in [-0.2, -0.15) is 0 Å². The molecule has 0 unspecified atom stereocenters. The van der Waals surface area contributed by atoms with Gasteiger partial charge in [-0.15, -0.1) is 0 Å². The molecule has 1 aliphatic rings. The molecule has 0 bridgehead atoms. The number of benzene rings is 1. The number of halogens is 1. The van der Waals surface area contributed by atoms with Gasteiger partial charge in [-0.1, -0.05) is 6.07 Å². The Morgan fingerprint density at radius 2 is 2.11 bits per heavy atom. The normalized spacial score (nSPS) is 14.8. The van der Waals surface area contributed by atoms with Gasteiger partial charge >= 0.3 is 0 Å². The van der Waals surface area contributed by atoms with Gasteiger partial charge in [0.1, 0.15) is 5.82 Å². The molecule has 0 aliphatic carbocycles. The van der Waals surface area contributed by atoms with Crippen LogP contribution in [0.15, 0.2) is 18.2 Å². The first-order chi connectivity index (χ1) is 9.11. The highest BCUT2D eigenvalue weighted by Gasteiger charge is 2.19. The first-order valence-corrected chi connectivity index (χ1v) is 6.59. The van der Waals surface area contributed by atoms with Crippen molar-refractivity contribution in [1.82, 2.24) is 4.90 Å². The second-order valence-electron chi connectivity index (χ2n) is 4.92. The van der Waals surface area contributed by atoms with Crippen molar-refractivity contribution in [2.24, 2.45) is 5.73 Å². The fourth-order valence-corrected chi connectivity index (χ4v) is 2.30. The Labute approximate surface area is 113 Å². The van der Waals surface area contributed by atoms with Crippen LogP contribution < -0.4 is 10.6 Å². The highest BCUT2D eigenvalue weighted by atomic mass is 19.1. The maximum Gasteiger partial charge on any atom is 0.242 e. The molecular formula is C14H20FN3O. The van der Waals surface area contributed by atoms with Crippen molar-refractivity contribution in [2.45, 2.75) is 19.4 Å². The zero-order valence-corrected chi connectivity index (χ0v) is 11.2. The quantitative estimate of drug-likeness (QED) is 0.894. The van der Waals surface area contributed by atoms with Gasteiger partial charge in [0.05, 0.1) is 6.54 Å². The van der Waals surface area contributed by atoms with Crippen LogP contribution in [0.3, 0.4) is 0 Å². The van der Waals surface area contributed by atoms with E-state index in [9.17, 15) is 9.18 Å². The molecule has 2 rings (SSSR count). The number of likely N-dealkylation sites (tertiary alicyclic amines) is 1. The van der Waals surface area contributed by atoms with Gasteiger partial charge in [0.2, 0.25) is 5.91 Å². The molecular weight excluding hydrogens is 245 g/mol. The Bertz CT molecular complexity index is 458. The smallest absolute Gasteiger partial charge is 0.242 e. The summed E-state index contributed by atoms with van der Waals surface area (Å²) in [5.74, 6) is -0.219. The van der Waals surface area contributed by atoms with Crippen LogP contribution in [0.5, 0.6) is 0 Å². The van der Waals surface area contributed by atoms with E-state index in [0.717, 1.165) is 25.9 Å². The van der Waals surface area contributed by atoms with Gasteiger partial charge in [-0.05, 0) is 25.0 Å². The summed E-state index contributed by atoms with van der Waals surface area (Å²) in [5, 5.41) is 0. The zero-order chi connectivity index (χ0) is 13.8. The van der Waals surface area contributed by atoms with Gasteiger partial charge in [-0.3, -0.25) is 4.79 Å². The predicted molar refractivity (Wildman–Crippen MR) is 73.4 cm³/mol. The summed E-state index contributed by atoms with van der Waals surface area (Å²) in [6.45, 7) is 2.14. The molecule has 1 saturated heterocycles. The molecule has 0 radical (unpaired) electrons. The molecule has 1 aromatic rings. The fraction of sp³-hybridized carbons (Fsp3) is 0.500. The molecule has 1 amide bonds. The number of carbonyl (C=O) groups excluding carboxylic acids is 1. The number of hydrogen-bond donors (Lipinski definition) is 1. The monoisotopic (exact) mass is 265 g/mol. The Hall–Kier alpha value is -1.62. The third kappa shape index (κ3) is 3.23. The topological polar surface area (TPSA) is 49.6 Å². The third-order valence-electron chi connectivity index (χ3n) is 3.53. The van der Waals surface area contributed by atoms with Crippen LogP contribution >= 0.6 is 0 Å². The fourth-order valence-electron chi connectivity index (χ4n) is 2.30. The van der Waals surface area contributed by atoms with Crippen LogP contribution in [0.2, 0.25) is 0 Å².